The summed E-state index contributed by atoms with van der Waals surface area (Å²) in [6, 6.07) is 13.6. The zero-order valence-electron chi connectivity index (χ0n) is 14.1. The molecule has 4 nitrogen and oxygen atoms in total. The number of carbonyl (C=O) groups is 2. The second-order valence-electron chi connectivity index (χ2n) is 6.42. The van der Waals surface area contributed by atoms with E-state index < -0.39 is 0 Å². The van der Waals surface area contributed by atoms with E-state index in [1.165, 1.54) is 0 Å². The van der Waals surface area contributed by atoms with Gasteiger partial charge in [-0.25, -0.2) is 0 Å². The fourth-order valence-electron chi connectivity index (χ4n) is 2.56. The number of nitrogens with one attached hydrogen (secondary N) is 2. The van der Waals surface area contributed by atoms with Crippen molar-refractivity contribution in [1.29, 1.82) is 0 Å². The minimum atomic E-state index is -0.0776. The molecule has 0 bridgehead atoms. The molecule has 0 aromatic heterocycles. The highest BCUT2D eigenvalue weighted by Crippen LogP contribution is 2.22. The fourth-order valence-corrected chi connectivity index (χ4v) is 3.04. The van der Waals surface area contributed by atoms with Crippen molar-refractivity contribution in [3.63, 3.8) is 0 Å². The molecule has 5 heteroatoms. The molecule has 0 heterocycles. The van der Waals surface area contributed by atoms with Gasteiger partial charge >= 0.3 is 0 Å². The van der Waals surface area contributed by atoms with Crippen LogP contribution >= 0.6 is 15.9 Å². The molecule has 0 radical (unpaired) electrons. The maximum atomic E-state index is 12.3. The van der Waals surface area contributed by atoms with Crippen LogP contribution < -0.4 is 10.6 Å². The van der Waals surface area contributed by atoms with Crippen LogP contribution in [-0.4, -0.2) is 17.9 Å². The summed E-state index contributed by atoms with van der Waals surface area (Å²) in [5.74, 6) is -0.134. The number of rotatable bonds is 6. The van der Waals surface area contributed by atoms with Crippen LogP contribution in [0, 0.1) is 6.92 Å². The molecule has 1 aliphatic rings. The Kier molecular flexibility index (Phi) is 5.53. The molecule has 0 unspecified atom stereocenters. The number of hydrogen-bond donors (Lipinski definition) is 2. The first kappa shape index (κ1) is 17.7. The van der Waals surface area contributed by atoms with Gasteiger partial charge in [-0.3, -0.25) is 9.59 Å². The summed E-state index contributed by atoms with van der Waals surface area (Å²) in [6.07, 6.45) is 3.15. The maximum Gasteiger partial charge on any atom is 0.251 e. The van der Waals surface area contributed by atoms with Gasteiger partial charge in [0.15, 0.2) is 0 Å². The summed E-state index contributed by atoms with van der Waals surface area (Å²) >= 11 is 3.50. The quantitative estimate of drug-likeness (QED) is 0.762. The average molecular weight is 401 g/mol. The van der Waals surface area contributed by atoms with E-state index in [0.29, 0.717) is 30.1 Å². The van der Waals surface area contributed by atoms with Crippen molar-refractivity contribution in [1.82, 2.24) is 5.32 Å². The van der Waals surface area contributed by atoms with Crippen molar-refractivity contribution in [3.05, 3.63) is 63.6 Å². The summed E-state index contributed by atoms with van der Waals surface area (Å²) in [6.45, 7) is 1.92. The SMILES string of the molecule is Cc1ccc(C(=O)NC2CC2)cc1NC(=O)CCc1ccccc1Br. The number of carbonyl (C=O) groups excluding carboxylic acids is 2. The fraction of sp³-hybridized carbons (Fsp3) is 0.300. The zero-order valence-corrected chi connectivity index (χ0v) is 15.7. The van der Waals surface area contributed by atoms with Gasteiger partial charge in [0.2, 0.25) is 5.91 Å². The van der Waals surface area contributed by atoms with Crippen LogP contribution in [-0.2, 0) is 11.2 Å². The Hall–Kier alpha value is -2.14. The van der Waals surface area contributed by atoms with Crippen molar-refractivity contribution in [2.45, 2.75) is 38.6 Å². The van der Waals surface area contributed by atoms with Crippen molar-refractivity contribution >= 4 is 33.4 Å². The number of aryl methyl sites for hydroxylation is 2. The number of amides is 2. The minimum Gasteiger partial charge on any atom is -0.349 e. The molecule has 0 aliphatic heterocycles. The Morgan fingerprint density at radius 1 is 1.16 bits per heavy atom. The number of halogens is 1. The second kappa shape index (κ2) is 7.83. The van der Waals surface area contributed by atoms with Crippen molar-refractivity contribution in [2.24, 2.45) is 0 Å². The molecule has 3 rings (SSSR count). The average Bonchev–Trinajstić information content (AvgIpc) is 3.40. The molecule has 1 aliphatic carbocycles. The van der Waals surface area contributed by atoms with Crippen molar-refractivity contribution in [2.75, 3.05) is 5.32 Å². The Balaban J connectivity index is 1.62. The normalized spacial score (nSPS) is 13.4. The highest BCUT2D eigenvalue weighted by Gasteiger charge is 2.24. The third kappa shape index (κ3) is 4.92. The summed E-state index contributed by atoms with van der Waals surface area (Å²) in [4.78, 5) is 24.5. The van der Waals surface area contributed by atoms with E-state index in [1.807, 2.05) is 37.3 Å². The molecule has 0 spiro atoms. The van der Waals surface area contributed by atoms with E-state index in [9.17, 15) is 9.59 Å². The maximum absolute atomic E-state index is 12.3. The highest BCUT2D eigenvalue weighted by atomic mass is 79.9. The summed E-state index contributed by atoms with van der Waals surface area (Å²) < 4.78 is 1.01. The predicted octanol–water partition coefficient (Wildman–Crippen LogP) is 4.22. The van der Waals surface area contributed by atoms with E-state index in [1.54, 1.807) is 12.1 Å². The number of hydrogen-bond acceptors (Lipinski definition) is 2. The second-order valence-corrected chi connectivity index (χ2v) is 7.27. The first-order valence-electron chi connectivity index (χ1n) is 8.47. The molecule has 25 heavy (non-hydrogen) atoms. The molecule has 2 aromatic rings. The predicted molar refractivity (Wildman–Crippen MR) is 103 cm³/mol. The standard InChI is InChI=1S/C20H21BrN2O2/c1-13-6-7-15(20(25)22-16-9-10-16)12-18(13)23-19(24)11-8-14-4-2-3-5-17(14)21/h2-7,12,16H,8-11H2,1H3,(H,22,25)(H,23,24). The lowest BCUT2D eigenvalue weighted by Crippen LogP contribution is -2.25. The minimum absolute atomic E-state index is 0.0568. The summed E-state index contributed by atoms with van der Waals surface area (Å²) in [5.41, 5.74) is 3.32. The van der Waals surface area contributed by atoms with Gasteiger partial charge in [-0.05, 0) is 55.5 Å². The lowest BCUT2D eigenvalue weighted by atomic mass is 10.1. The molecule has 0 saturated heterocycles. The van der Waals surface area contributed by atoms with E-state index in [4.69, 9.17) is 0 Å². The molecular formula is C20H21BrN2O2. The van der Waals surface area contributed by atoms with Crippen LogP contribution in [0.15, 0.2) is 46.9 Å². The van der Waals surface area contributed by atoms with Crippen molar-refractivity contribution < 1.29 is 9.59 Å². The van der Waals surface area contributed by atoms with Gasteiger partial charge in [-0.2, -0.15) is 0 Å². The molecule has 1 fully saturated rings. The first-order chi connectivity index (χ1) is 12.0. The topological polar surface area (TPSA) is 58.2 Å². The Labute approximate surface area is 156 Å². The molecule has 130 valence electrons. The molecule has 0 atom stereocenters. The lowest BCUT2D eigenvalue weighted by molar-refractivity contribution is -0.116. The van der Waals surface area contributed by atoms with Crippen molar-refractivity contribution in [3.8, 4) is 0 Å². The molecule has 2 aromatic carbocycles. The van der Waals surface area contributed by atoms with Crippen LogP contribution in [0.2, 0.25) is 0 Å². The van der Waals surface area contributed by atoms with Gasteiger partial charge in [0.25, 0.3) is 5.91 Å². The third-order valence-electron chi connectivity index (χ3n) is 4.27. The zero-order chi connectivity index (χ0) is 17.8. The largest absolute Gasteiger partial charge is 0.349 e. The van der Waals surface area contributed by atoms with Gasteiger partial charge in [0.05, 0.1) is 0 Å². The van der Waals surface area contributed by atoms with Gasteiger partial charge in [-0.15, -0.1) is 0 Å². The third-order valence-corrected chi connectivity index (χ3v) is 5.04. The Morgan fingerprint density at radius 2 is 1.92 bits per heavy atom. The van der Waals surface area contributed by atoms with Gasteiger partial charge in [0, 0.05) is 28.2 Å². The van der Waals surface area contributed by atoms with Gasteiger partial charge < -0.3 is 10.6 Å². The number of benzene rings is 2. The van der Waals surface area contributed by atoms with Crippen LogP contribution in [0.1, 0.15) is 40.7 Å². The number of anilines is 1. The summed E-state index contributed by atoms with van der Waals surface area (Å²) in [5, 5.41) is 5.90. The van der Waals surface area contributed by atoms with E-state index in [0.717, 1.165) is 28.4 Å². The molecule has 2 amide bonds. The lowest BCUT2D eigenvalue weighted by Gasteiger charge is -2.11. The smallest absolute Gasteiger partial charge is 0.251 e. The molecule has 2 N–H and O–H groups in total. The van der Waals surface area contributed by atoms with E-state index in [-0.39, 0.29) is 11.8 Å². The van der Waals surface area contributed by atoms with Crippen LogP contribution in [0.5, 0.6) is 0 Å². The van der Waals surface area contributed by atoms with Crippen LogP contribution in [0.25, 0.3) is 0 Å². The summed E-state index contributed by atoms with van der Waals surface area (Å²) in [7, 11) is 0. The van der Waals surface area contributed by atoms with E-state index >= 15 is 0 Å². The van der Waals surface area contributed by atoms with Gasteiger partial charge in [-0.1, -0.05) is 40.2 Å². The van der Waals surface area contributed by atoms with Crippen LogP contribution in [0.4, 0.5) is 5.69 Å². The Bertz CT molecular complexity index is 800. The highest BCUT2D eigenvalue weighted by molar-refractivity contribution is 9.10. The van der Waals surface area contributed by atoms with Crippen LogP contribution in [0.3, 0.4) is 0 Å². The monoisotopic (exact) mass is 400 g/mol. The van der Waals surface area contributed by atoms with E-state index in [2.05, 4.69) is 26.6 Å². The molecular weight excluding hydrogens is 380 g/mol. The van der Waals surface area contributed by atoms with Gasteiger partial charge in [0.1, 0.15) is 0 Å². The molecule has 1 saturated carbocycles. The first-order valence-corrected chi connectivity index (χ1v) is 9.27. The Morgan fingerprint density at radius 3 is 2.64 bits per heavy atom.